The second kappa shape index (κ2) is 9.45. The monoisotopic (exact) mass is 392 g/mol. The van der Waals surface area contributed by atoms with Gasteiger partial charge in [0.1, 0.15) is 12.4 Å². The number of rotatable bonds is 7. The molecule has 0 spiro atoms. The Labute approximate surface area is 174 Å². The first-order chi connectivity index (χ1) is 14.3. The minimum Gasteiger partial charge on any atom is -0.492 e. The van der Waals surface area contributed by atoms with E-state index in [2.05, 4.69) is 22.3 Å². The van der Waals surface area contributed by atoms with E-state index in [1.54, 1.807) is 0 Å². The Balaban J connectivity index is 1.37. The number of hydrogen-bond acceptors (Lipinski definition) is 3. The highest BCUT2D eigenvalue weighted by molar-refractivity contribution is 5.99. The van der Waals surface area contributed by atoms with Crippen LogP contribution in [0, 0.1) is 0 Å². The third-order valence-corrected chi connectivity index (χ3v) is 6.46. The summed E-state index contributed by atoms with van der Waals surface area (Å²) in [5.41, 5.74) is 1.56. The summed E-state index contributed by atoms with van der Waals surface area (Å²) in [5, 5.41) is 3.18. The predicted molar refractivity (Wildman–Crippen MR) is 117 cm³/mol. The first kappa shape index (κ1) is 20.0. The Bertz CT molecular complexity index is 776. The standard InChI is InChI=1S/C25H32N2O2/c28-24(25(15-5-2-6-16-25)21-9-3-1-4-10-21)26-22-11-13-23(14-12-22)29-20-19-27-17-7-8-18-27/h1,3-4,9-14H,2,5-8,15-20H2,(H,26,28). The number of ether oxygens (including phenoxy) is 1. The number of anilines is 1. The van der Waals surface area contributed by atoms with Crippen molar-refractivity contribution in [3.8, 4) is 5.75 Å². The molecule has 29 heavy (non-hydrogen) atoms. The third kappa shape index (κ3) is 4.81. The van der Waals surface area contributed by atoms with Crippen molar-refractivity contribution in [1.29, 1.82) is 0 Å². The zero-order valence-electron chi connectivity index (χ0n) is 17.2. The summed E-state index contributed by atoms with van der Waals surface area (Å²) >= 11 is 0. The fourth-order valence-electron chi connectivity index (χ4n) is 4.74. The minimum absolute atomic E-state index is 0.117. The van der Waals surface area contributed by atoms with Gasteiger partial charge >= 0.3 is 0 Å². The fraction of sp³-hybridized carbons (Fsp3) is 0.480. The molecular weight excluding hydrogens is 360 g/mol. The molecule has 2 fully saturated rings. The molecule has 1 aliphatic carbocycles. The normalized spacial score (nSPS) is 19.0. The summed E-state index contributed by atoms with van der Waals surface area (Å²) in [7, 11) is 0. The summed E-state index contributed by atoms with van der Waals surface area (Å²) < 4.78 is 5.88. The summed E-state index contributed by atoms with van der Waals surface area (Å²) in [6, 6.07) is 18.1. The van der Waals surface area contributed by atoms with Crippen LogP contribution >= 0.6 is 0 Å². The maximum absolute atomic E-state index is 13.3. The van der Waals surface area contributed by atoms with E-state index < -0.39 is 5.41 Å². The smallest absolute Gasteiger partial charge is 0.235 e. The van der Waals surface area contributed by atoms with E-state index in [0.29, 0.717) is 6.61 Å². The molecule has 1 N–H and O–H groups in total. The lowest BCUT2D eigenvalue weighted by Gasteiger charge is -2.36. The molecule has 1 aliphatic heterocycles. The molecule has 0 atom stereocenters. The van der Waals surface area contributed by atoms with Crippen LogP contribution in [0.4, 0.5) is 5.69 Å². The van der Waals surface area contributed by atoms with Crippen LogP contribution in [0.3, 0.4) is 0 Å². The summed E-state index contributed by atoms with van der Waals surface area (Å²) in [6.07, 6.45) is 7.86. The lowest BCUT2D eigenvalue weighted by atomic mass is 9.68. The van der Waals surface area contributed by atoms with Crippen LogP contribution in [-0.2, 0) is 10.2 Å². The number of carbonyl (C=O) groups is 1. The Morgan fingerprint density at radius 1 is 0.897 bits per heavy atom. The molecule has 1 amide bonds. The van der Waals surface area contributed by atoms with Gasteiger partial charge in [-0.3, -0.25) is 9.69 Å². The molecule has 2 aromatic rings. The molecule has 1 saturated carbocycles. The Hall–Kier alpha value is -2.33. The molecule has 154 valence electrons. The number of carbonyl (C=O) groups excluding carboxylic acids is 1. The Morgan fingerprint density at radius 2 is 1.59 bits per heavy atom. The van der Waals surface area contributed by atoms with E-state index in [1.165, 1.54) is 32.4 Å². The largest absolute Gasteiger partial charge is 0.492 e. The van der Waals surface area contributed by atoms with Crippen LogP contribution in [0.15, 0.2) is 54.6 Å². The van der Waals surface area contributed by atoms with Crippen molar-refractivity contribution in [2.45, 2.75) is 50.4 Å². The Kier molecular flexibility index (Phi) is 6.50. The summed E-state index contributed by atoms with van der Waals surface area (Å²) in [5.74, 6) is 0.976. The summed E-state index contributed by atoms with van der Waals surface area (Å²) in [4.78, 5) is 15.8. The van der Waals surface area contributed by atoms with Crippen LogP contribution in [0.1, 0.15) is 50.5 Å². The molecule has 4 heteroatoms. The zero-order chi connectivity index (χ0) is 19.9. The van der Waals surface area contributed by atoms with Gasteiger partial charge in [-0.15, -0.1) is 0 Å². The number of nitrogens with one attached hydrogen (secondary N) is 1. The van der Waals surface area contributed by atoms with E-state index in [9.17, 15) is 4.79 Å². The van der Waals surface area contributed by atoms with Gasteiger partial charge in [0.25, 0.3) is 0 Å². The highest BCUT2D eigenvalue weighted by atomic mass is 16.5. The molecule has 0 unspecified atom stereocenters. The van der Waals surface area contributed by atoms with Crippen LogP contribution in [-0.4, -0.2) is 37.0 Å². The average Bonchev–Trinajstić information content (AvgIpc) is 3.29. The number of hydrogen-bond donors (Lipinski definition) is 1. The van der Waals surface area contributed by atoms with Gasteiger partial charge in [0.2, 0.25) is 5.91 Å². The molecule has 0 bridgehead atoms. The second-order valence-electron chi connectivity index (χ2n) is 8.38. The molecule has 4 nitrogen and oxygen atoms in total. The van der Waals surface area contributed by atoms with Gasteiger partial charge in [0.15, 0.2) is 0 Å². The third-order valence-electron chi connectivity index (χ3n) is 6.46. The average molecular weight is 393 g/mol. The first-order valence-corrected chi connectivity index (χ1v) is 11.1. The van der Waals surface area contributed by atoms with Gasteiger partial charge in [-0.2, -0.15) is 0 Å². The molecule has 1 saturated heterocycles. The van der Waals surface area contributed by atoms with Gasteiger partial charge in [-0.25, -0.2) is 0 Å². The number of likely N-dealkylation sites (tertiary alicyclic amines) is 1. The molecule has 0 radical (unpaired) electrons. The fourth-order valence-corrected chi connectivity index (χ4v) is 4.74. The SMILES string of the molecule is O=C(Nc1ccc(OCCN2CCCC2)cc1)C1(c2ccccc2)CCCCC1. The Morgan fingerprint density at radius 3 is 2.28 bits per heavy atom. The highest BCUT2D eigenvalue weighted by Crippen LogP contribution is 2.40. The molecule has 0 aromatic heterocycles. The van der Waals surface area contributed by atoms with E-state index in [0.717, 1.165) is 49.2 Å². The van der Waals surface area contributed by atoms with Crippen molar-refractivity contribution in [3.63, 3.8) is 0 Å². The van der Waals surface area contributed by atoms with Gasteiger partial charge in [-0.1, -0.05) is 49.6 Å². The molecule has 4 rings (SSSR count). The quantitative estimate of drug-likeness (QED) is 0.721. The topological polar surface area (TPSA) is 41.6 Å². The van der Waals surface area contributed by atoms with Gasteiger partial charge < -0.3 is 10.1 Å². The van der Waals surface area contributed by atoms with Crippen LogP contribution in [0.2, 0.25) is 0 Å². The van der Waals surface area contributed by atoms with E-state index in [4.69, 9.17) is 4.74 Å². The highest BCUT2D eigenvalue weighted by Gasteiger charge is 2.40. The van der Waals surface area contributed by atoms with Crippen molar-refractivity contribution >= 4 is 11.6 Å². The predicted octanol–water partition coefficient (Wildman–Crippen LogP) is 5.00. The van der Waals surface area contributed by atoms with E-state index in [1.807, 2.05) is 42.5 Å². The number of amides is 1. The lowest BCUT2D eigenvalue weighted by Crippen LogP contribution is -2.42. The molecule has 2 aliphatic rings. The zero-order valence-corrected chi connectivity index (χ0v) is 17.2. The van der Waals surface area contributed by atoms with Gasteiger partial charge in [-0.05, 0) is 68.6 Å². The summed E-state index contributed by atoms with van der Waals surface area (Å²) in [6.45, 7) is 4.08. The maximum Gasteiger partial charge on any atom is 0.235 e. The molecular formula is C25H32N2O2. The van der Waals surface area contributed by atoms with Crippen molar-refractivity contribution in [2.24, 2.45) is 0 Å². The maximum atomic E-state index is 13.3. The number of benzene rings is 2. The van der Waals surface area contributed by atoms with E-state index in [-0.39, 0.29) is 5.91 Å². The van der Waals surface area contributed by atoms with Crippen molar-refractivity contribution in [1.82, 2.24) is 4.90 Å². The number of nitrogens with zero attached hydrogens (tertiary/aromatic N) is 1. The molecule has 2 aromatic carbocycles. The van der Waals surface area contributed by atoms with Crippen molar-refractivity contribution in [3.05, 3.63) is 60.2 Å². The molecule has 1 heterocycles. The lowest BCUT2D eigenvalue weighted by molar-refractivity contribution is -0.122. The van der Waals surface area contributed by atoms with E-state index >= 15 is 0 Å². The van der Waals surface area contributed by atoms with Gasteiger partial charge in [0.05, 0.1) is 5.41 Å². The van der Waals surface area contributed by atoms with Crippen molar-refractivity contribution in [2.75, 3.05) is 31.6 Å². The van der Waals surface area contributed by atoms with Crippen molar-refractivity contribution < 1.29 is 9.53 Å². The first-order valence-electron chi connectivity index (χ1n) is 11.1. The van der Waals surface area contributed by atoms with Crippen LogP contribution in [0.5, 0.6) is 5.75 Å². The van der Waals surface area contributed by atoms with Crippen LogP contribution < -0.4 is 10.1 Å². The van der Waals surface area contributed by atoms with Crippen LogP contribution in [0.25, 0.3) is 0 Å². The van der Waals surface area contributed by atoms with Gasteiger partial charge in [0, 0.05) is 12.2 Å². The minimum atomic E-state index is -0.412. The second-order valence-corrected chi connectivity index (χ2v) is 8.38.